The lowest BCUT2D eigenvalue weighted by molar-refractivity contribution is 0.459. The Labute approximate surface area is 133 Å². The highest BCUT2D eigenvalue weighted by Gasteiger charge is 2.04. The van der Waals surface area contributed by atoms with Gasteiger partial charge in [-0.15, -0.1) is 0 Å². The highest BCUT2D eigenvalue weighted by molar-refractivity contribution is 14.1. The van der Waals surface area contributed by atoms with Gasteiger partial charge in [-0.05, 0) is 65.4 Å². The Kier molecular flexibility index (Phi) is 5.79. The molecule has 1 aromatic carbocycles. The van der Waals surface area contributed by atoms with Gasteiger partial charge in [0, 0.05) is 21.9 Å². The van der Waals surface area contributed by atoms with Crippen LogP contribution in [-0.4, -0.2) is 11.5 Å². The zero-order chi connectivity index (χ0) is 14.4. The summed E-state index contributed by atoms with van der Waals surface area (Å²) in [5.41, 5.74) is 2.26. The molecule has 0 saturated carbocycles. The van der Waals surface area contributed by atoms with E-state index in [-0.39, 0.29) is 0 Å². The molecule has 3 nitrogen and oxygen atoms in total. The molecule has 1 heterocycles. The van der Waals surface area contributed by atoms with E-state index in [1.54, 1.807) is 0 Å². The van der Waals surface area contributed by atoms with Crippen LogP contribution in [0.15, 0.2) is 36.4 Å². The van der Waals surface area contributed by atoms with Crippen molar-refractivity contribution in [3.63, 3.8) is 0 Å². The monoisotopic (exact) mass is 382 g/mol. The van der Waals surface area contributed by atoms with E-state index in [9.17, 15) is 0 Å². The maximum atomic E-state index is 5.88. The highest BCUT2D eigenvalue weighted by Crippen LogP contribution is 2.23. The van der Waals surface area contributed by atoms with Crippen molar-refractivity contribution >= 4 is 22.6 Å². The van der Waals surface area contributed by atoms with Gasteiger partial charge in [0.1, 0.15) is 5.75 Å². The Hall–Kier alpha value is -1.14. The molecule has 0 aliphatic heterocycles. The number of nitrogens with zero attached hydrogens (tertiary/aromatic N) is 1. The van der Waals surface area contributed by atoms with Crippen LogP contribution in [0.2, 0.25) is 0 Å². The summed E-state index contributed by atoms with van der Waals surface area (Å²) in [7, 11) is 0. The number of benzene rings is 1. The third-order valence-electron chi connectivity index (χ3n) is 2.87. The third-order valence-corrected chi connectivity index (χ3v) is 3.55. The Morgan fingerprint density at radius 1 is 1.20 bits per heavy atom. The molecular weight excluding hydrogens is 363 g/mol. The minimum Gasteiger partial charge on any atom is -0.439 e. The molecule has 0 saturated heterocycles. The molecule has 0 amide bonds. The number of halogens is 1. The fourth-order valence-electron chi connectivity index (χ4n) is 1.88. The number of aryl methyl sites for hydroxylation is 1. The standard InChI is InChI=1S/C16H19IN2O/c1-3-14-8-12(11-18-4-2)9-16(19-14)20-15-7-5-6-13(17)10-15/h5-10,18H,3-4,11H2,1-2H3. The second kappa shape index (κ2) is 7.59. The van der Waals surface area contributed by atoms with E-state index in [0.717, 1.165) is 34.5 Å². The molecular formula is C16H19IN2O. The van der Waals surface area contributed by atoms with Gasteiger partial charge < -0.3 is 10.1 Å². The van der Waals surface area contributed by atoms with Crippen molar-refractivity contribution in [1.82, 2.24) is 10.3 Å². The molecule has 20 heavy (non-hydrogen) atoms. The number of aromatic nitrogens is 1. The quantitative estimate of drug-likeness (QED) is 0.763. The first-order valence-electron chi connectivity index (χ1n) is 6.85. The van der Waals surface area contributed by atoms with Gasteiger partial charge >= 0.3 is 0 Å². The summed E-state index contributed by atoms with van der Waals surface area (Å²) in [6.07, 6.45) is 0.905. The Morgan fingerprint density at radius 2 is 2.05 bits per heavy atom. The Balaban J connectivity index is 2.21. The normalized spacial score (nSPS) is 10.6. The van der Waals surface area contributed by atoms with Crippen LogP contribution in [0.1, 0.15) is 25.1 Å². The van der Waals surface area contributed by atoms with Gasteiger partial charge in [-0.2, -0.15) is 0 Å². The number of nitrogens with one attached hydrogen (secondary N) is 1. The lowest BCUT2D eigenvalue weighted by Crippen LogP contribution is -2.12. The predicted molar refractivity (Wildman–Crippen MR) is 90.2 cm³/mol. The molecule has 0 unspecified atom stereocenters. The van der Waals surface area contributed by atoms with Crippen LogP contribution in [0.25, 0.3) is 0 Å². The Morgan fingerprint density at radius 3 is 2.75 bits per heavy atom. The van der Waals surface area contributed by atoms with E-state index < -0.39 is 0 Å². The summed E-state index contributed by atoms with van der Waals surface area (Å²) in [6.45, 7) is 6.01. The van der Waals surface area contributed by atoms with Crippen LogP contribution in [0.3, 0.4) is 0 Å². The summed E-state index contributed by atoms with van der Waals surface area (Å²) in [6, 6.07) is 12.1. The van der Waals surface area contributed by atoms with Crippen molar-refractivity contribution < 1.29 is 4.74 Å². The van der Waals surface area contributed by atoms with Crippen molar-refractivity contribution in [1.29, 1.82) is 0 Å². The molecule has 0 fully saturated rings. The van der Waals surface area contributed by atoms with Crippen LogP contribution in [0, 0.1) is 3.57 Å². The third kappa shape index (κ3) is 4.45. The fraction of sp³-hybridized carbons (Fsp3) is 0.312. The summed E-state index contributed by atoms with van der Waals surface area (Å²) in [5, 5.41) is 3.33. The molecule has 4 heteroatoms. The molecule has 2 aromatic rings. The van der Waals surface area contributed by atoms with Gasteiger partial charge in [0.25, 0.3) is 0 Å². The largest absolute Gasteiger partial charge is 0.439 e. The molecule has 0 aliphatic carbocycles. The second-order valence-electron chi connectivity index (χ2n) is 4.50. The number of ether oxygens (including phenoxy) is 1. The topological polar surface area (TPSA) is 34.2 Å². The van der Waals surface area contributed by atoms with Crippen molar-refractivity contribution in [2.45, 2.75) is 26.8 Å². The number of hydrogen-bond donors (Lipinski definition) is 1. The first kappa shape index (κ1) is 15.3. The molecule has 106 valence electrons. The second-order valence-corrected chi connectivity index (χ2v) is 5.74. The van der Waals surface area contributed by atoms with E-state index in [1.807, 2.05) is 30.3 Å². The SMILES string of the molecule is CCNCc1cc(CC)nc(Oc2cccc(I)c2)c1. The van der Waals surface area contributed by atoms with Gasteiger partial charge in [-0.3, -0.25) is 0 Å². The minimum absolute atomic E-state index is 0.666. The van der Waals surface area contributed by atoms with E-state index in [4.69, 9.17) is 4.74 Å². The first-order chi connectivity index (χ1) is 9.71. The van der Waals surface area contributed by atoms with Crippen molar-refractivity contribution in [2.75, 3.05) is 6.54 Å². The van der Waals surface area contributed by atoms with Gasteiger partial charge in [0.05, 0.1) is 0 Å². The van der Waals surface area contributed by atoms with Crippen LogP contribution in [0.4, 0.5) is 0 Å². The summed E-state index contributed by atoms with van der Waals surface area (Å²) >= 11 is 2.28. The summed E-state index contributed by atoms with van der Waals surface area (Å²) < 4.78 is 7.03. The van der Waals surface area contributed by atoms with E-state index in [2.05, 4.69) is 52.8 Å². The molecule has 2 rings (SSSR count). The van der Waals surface area contributed by atoms with Crippen LogP contribution < -0.4 is 10.1 Å². The van der Waals surface area contributed by atoms with Gasteiger partial charge in [0.15, 0.2) is 0 Å². The van der Waals surface area contributed by atoms with E-state index in [0.29, 0.717) is 5.88 Å². The highest BCUT2D eigenvalue weighted by atomic mass is 127. The van der Waals surface area contributed by atoms with E-state index >= 15 is 0 Å². The predicted octanol–water partition coefficient (Wildman–Crippen LogP) is 4.15. The number of pyridine rings is 1. The fourth-order valence-corrected chi connectivity index (χ4v) is 2.39. The minimum atomic E-state index is 0.666. The first-order valence-corrected chi connectivity index (χ1v) is 7.93. The average molecular weight is 382 g/mol. The van der Waals surface area contributed by atoms with Crippen molar-refractivity contribution in [3.05, 3.63) is 51.2 Å². The molecule has 0 bridgehead atoms. The van der Waals surface area contributed by atoms with Crippen LogP contribution in [0.5, 0.6) is 11.6 Å². The summed E-state index contributed by atoms with van der Waals surface area (Å²) in [4.78, 5) is 4.53. The van der Waals surface area contributed by atoms with Crippen LogP contribution >= 0.6 is 22.6 Å². The summed E-state index contributed by atoms with van der Waals surface area (Å²) in [5.74, 6) is 1.49. The zero-order valence-electron chi connectivity index (χ0n) is 11.8. The molecule has 1 N–H and O–H groups in total. The van der Waals surface area contributed by atoms with Crippen LogP contribution in [-0.2, 0) is 13.0 Å². The number of hydrogen-bond acceptors (Lipinski definition) is 3. The van der Waals surface area contributed by atoms with Gasteiger partial charge in [-0.25, -0.2) is 4.98 Å². The molecule has 0 radical (unpaired) electrons. The lowest BCUT2D eigenvalue weighted by Gasteiger charge is -2.10. The lowest BCUT2D eigenvalue weighted by atomic mass is 10.2. The average Bonchev–Trinajstić information content (AvgIpc) is 2.45. The van der Waals surface area contributed by atoms with Gasteiger partial charge in [-0.1, -0.05) is 19.9 Å². The smallest absolute Gasteiger partial charge is 0.219 e. The maximum absolute atomic E-state index is 5.88. The van der Waals surface area contributed by atoms with Crippen molar-refractivity contribution in [2.24, 2.45) is 0 Å². The van der Waals surface area contributed by atoms with Crippen molar-refractivity contribution in [3.8, 4) is 11.6 Å². The van der Waals surface area contributed by atoms with Gasteiger partial charge in [0.2, 0.25) is 5.88 Å². The maximum Gasteiger partial charge on any atom is 0.219 e. The van der Waals surface area contributed by atoms with E-state index in [1.165, 1.54) is 5.56 Å². The molecule has 0 aliphatic rings. The molecule has 0 spiro atoms. The zero-order valence-corrected chi connectivity index (χ0v) is 14.0. The molecule has 1 aromatic heterocycles. The Bertz CT molecular complexity index is 572. The molecule has 0 atom stereocenters. The number of rotatable bonds is 6.